The summed E-state index contributed by atoms with van der Waals surface area (Å²) in [4.78, 5) is 18.7. The molecule has 0 bridgehead atoms. The van der Waals surface area contributed by atoms with Crippen LogP contribution in [0, 0.1) is 0 Å². The zero-order valence-electron chi connectivity index (χ0n) is 12.5. The van der Waals surface area contributed by atoms with Crippen LogP contribution in [0.3, 0.4) is 0 Å². The first kappa shape index (κ1) is 14.1. The van der Waals surface area contributed by atoms with E-state index in [4.69, 9.17) is 0 Å². The molecule has 2 heterocycles. The molecular formula is C16H19N3OS. The first-order valence-electron chi connectivity index (χ1n) is 7.03. The molecule has 0 radical (unpaired) electrons. The highest BCUT2D eigenvalue weighted by atomic mass is 32.1. The van der Waals surface area contributed by atoms with E-state index < -0.39 is 0 Å². The molecule has 1 aliphatic rings. The number of aromatic nitrogens is 1. The van der Waals surface area contributed by atoms with Gasteiger partial charge in [-0.3, -0.25) is 4.79 Å². The maximum Gasteiger partial charge on any atom is 0.246 e. The van der Waals surface area contributed by atoms with Crippen molar-refractivity contribution in [2.45, 2.75) is 32.7 Å². The minimum atomic E-state index is 0.0418. The molecule has 1 N–H and O–H groups in total. The summed E-state index contributed by atoms with van der Waals surface area (Å²) >= 11 is 1.62. The molecule has 1 amide bonds. The number of nitrogens with one attached hydrogen (secondary N) is 1. The molecule has 0 atom stereocenters. The Labute approximate surface area is 128 Å². The molecule has 0 saturated heterocycles. The zero-order valence-corrected chi connectivity index (χ0v) is 13.3. The molecule has 0 unspecified atom stereocenters. The second-order valence-corrected chi connectivity index (χ2v) is 7.17. The average Bonchev–Trinajstić information content (AvgIpc) is 2.91. The highest BCUT2D eigenvalue weighted by molar-refractivity contribution is 7.09. The first-order chi connectivity index (χ1) is 9.95. The zero-order chi connectivity index (χ0) is 15.0. The molecule has 21 heavy (non-hydrogen) atoms. The molecule has 1 aliphatic heterocycles. The summed E-state index contributed by atoms with van der Waals surface area (Å²) < 4.78 is 0. The maximum atomic E-state index is 12.2. The van der Waals surface area contributed by atoms with Crippen molar-refractivity contribution in [3.8, 4) is 0 Å². The fraction of sp³-hybridized carbons (Fsp3) is 0.375. The van der Waals surface area contributed by atoms with Gasteiger partial charge in [0.1, 0.15) is 5.01 Å². The quantitative estimate of drug-likeness (QED) is 0.924. The molecule has 0 fully saturated rings. The van der Waals surface area contributed by atoms with Crippen LogP contribution < -0.4 is 10.2 Å². The largest absolute Gasteiger partial charge is 0.374 e. The molecular weight excluding hydrogens is 282 g/mol. The van der Waals surface area contributed by atoms with Crippen molar-refractivity contribution in [1.29, 1.82) is 0 Å². The normalized spacial score (nSPS) is 14.8. The molecule has 110 valence electrons. The van der Waals surface area contributed by atoms with E-state index in [0.717, 1.165) is 22.1 Å². The topological polar surface area (TPSA) is 45.2 Å². The molecule has 2 aromatic rings. The monoisotopic (exact) mass is 301 g/mol. The fourth-order valence-electron chi connectivity index (χ4n) is 2.30. The van der Waals surface area contributed by atoms with E-state index in [0.29, 0.717) is 13.1 Å². The lowest BCUT2D eigenvalue weighted by molar-refractivity contribution is -0.117. The van der Waals surface area contributed by atoms with E-state index in [2.05, 4.69) is 36.5 Å². The van der Waals surface area contributed by atoms with Gasteiger partial charge in [-0.1, -0.05) is 32.9 Å². The van der Waals surface area contributed by atoms with Crippen LogP contribution in [0.1, 0.15) is 31.5 Å². The number of hydrogen-bond acceptors (Lipinski definition) is 4. The Kier molecular flexibility index (Phi) is 3.45. The van der Waals surface area contributed by atoms with Crippen LogP contribution in [-0.2, 0) is 16.8 Å². The van der Waals surface area contributed by atoms with Crippen LogP contribution >= 0.6 is 11.3 Å². The van der Waals surface area contributed by atoms with Crippen LogP contribution in [0.4, 0.5) is 11.4 Å². The third-order valence-corrected chi connectivity index (χ3v) is 4.37. The van der Waals surface area contributed by atoms with Gasteiger partial charge in [-0.2, -0.15) is 0 Å². The first-order valence-corrected chi connectivity index (χ1v) is 7.91. The Balaban J connectivity index is 1.88. The standard InChI is InChI=1S/C16H19N3OS/c1-16(2,3)13-10-21-14(18-13)9-19-12-7-5-4-6-11(12)17-8-15(19)20/h4-7,10,17H,8-9H2,1-3H3. The van der Waals surface area contributed by atoms with Gasteiger partial charge in [0.15, 0.2) is 0 Å². The van der Waals surface area contributed by atoms with Crippen LogP contribution in [0.5, 0.6) is 0 Å². The van der Waals surface area contributed by atoms with Gasteiger partial charge >= 0.3 is 0 Å². The number of rotatable bonds is 2. The Morgan fingerprint density at radius 3 is 2.81 bits per heavy atom. The molecule has 0 aliphatic carbocycles. The highest BCUT2D eigenvalue weighted by Crippen LogP contribution is 2.31. The van der Waals surface area contributed by atoms with Crippen LogP contribution in [0.25, 0.3) is 0 Å². The number of amides is 1. The van der Waals surface area contributed by atoms with Crippen LogP contribution in [0.15, 0.2) is 29.6 Å². The summed E-state index contributed by atoms with van der Waals surface area (Å²) in [6.45, 7) is 7.33. The van der Waals surface area contributed by atoms with E-state index in [1.165, 1.54) is 0 Å². The minimum Gasteiger partial charge on any atom is -0.374 e. The predicted molar refractivity (Wildman–Crippen MR) is 86.9 cm³/mol. The lowest BCUT2D eigenvalue weighted by Gasteiger charge is -2.29. The Morgan fingerprint density at radius 1 is 1.33 bits per heavy atom. The SMILES string of the molecule is CC(C)(C)c1csc(CN2C(=O)CNc3ccccc32)n1. The van der Waals surface area contributed by atoms with Crippen molar-refractivity contribution < 1.29 is 4.79 Å². The number of thiazole rings is 1. The smallest absolute Gasteiger partial charge is 0.246 e. The van der Waals surface area contributed by atoms with Gasteiger partial charge in [0.05, 0.1) is 30.2 Å². The summed E-state index contributed by atoms with van der Waals surface area (Å²) in [5, 5.41) is 6.22. The Morgan fingerprint density at radius 2 is 2.10 bits per heavy atom. The summed E-state index contributed by atoms with van der Waals surface area (Å²) in [7, 11) is 0. The van der Waals surface area contributed by atoms with Crippen LogP contribution in [0.2, 0.25) is 0 Å². The van der Waals surface area contributed by atoms with Gasteiger partial charge in [0.25, 0.3) is 0 Å². The molecule has 1 aromatic carbocycles. The fourth-order valence-corrected chi connectivity index (χ4v) is 3.30. The third-order valence-electron chi connectivity index (χ3n) is 3.54. The summed E-state index contributed by atoms with van der Waals surface area (Å²) in [6, 6.07) is 7.89. The van der Waals surface area contributed by atoms with Crippen molar-refractivity contribution in [2.75, 3.05) is 16.8 Å². The number of fused-ring (bicyclic) bond motifs is 1. The molecule has 3 rings (SSSR count). The number of benzene rings is 1. The van der Waals surface area contributed by atoms with Crippen molar-refractivity contribution >= 4 is 28.6 Å². The number of nitrogens with zero attached hydrogens (tertiary/aromatic N) is 2. The van der Waals surface area contributed by atoms with E-state index in [9.17, 15) is 4.79 Å². The van der Waals surface area contributed by atoms with Gasteiger partial charge < -0.3 is 10.2 Å². The van der Waals surface area contributed by atoms with E-state index in [1.807, 2.05) is 29.2 Å². The van der Waals surface area contributed by atoms with Gasteiger partial charge in [0.2, 0.25) is 5.91 Å². The molecule has 5 heteroatoms. The van der Waals surface area contributed by atoms with Crippen molar-refractivity contribution in [2.24, 2.45) is 0 Å². The van der Waals surface area contributed by atoms with Crippen molar-refractivity contribution in [3.63, 3.8) is 0 Å². The second kappa shape index (κ2) is 5.15. The summed E-state index contributed by atoms with van der Waals surface area (Å²) in [5.41, 5.74) is 3.06. The summed E-state index contributed by atoms with van der Waals surface area (Å²) in [5.74, 6) is 0.0845. The number of hydrogen-bond donors (Lipinski definition) is 1. The number of anilines is 2. The van der Waals surface area contributed by atoms with Gasteiger partial charge in [0, 0.05) is 10.8 Å². The lowest BCUT2D eigenvalue weighted by atomic mass is 9.93. The molecule has 0 saturated carbocycles. The van der Waals surface area contributed by atoms with E-state index >= 15 is 0 Å². The summed E-state index contributed by atoms with van der Waals surface area (Å²) in [6.07, 6.45) is 0. The maximum absolute atomic E-state index is 12.2. The van der Waals surface area contributed by atoms with Gasteiger partial charge in [-0.25, -0.2) is 4.98 Å². The van der Waals surface area contributed by atoms with Crippen molar-refractivity contribution in [1.82, 2.24) is 4.98 Å². The second-order valence-electron chi connectivity index (χ2n) is 6.23. The van der Waals surface area contributed by atoms with Crippen molar-refractivity contribution in [3.05, 3.63) is 40.3 Å². The molecule has 1 aromatic heterocycles. The average molecular weight is 301 g/mol. The van der Waals surface area contributed by atoms with E-state index in [1.54, 1.807) is 11.3 Å². The van der Waals surface area contributed by atoms with Gasteiger partial charge in [-0.15, -0.1) is 11.3 Å². The number of para-hydroxylation sites is 2. The number of carbonyl (C=O) groups is 1. The Hall–Kier alpha value is -1.88. The van der Waals surface area contributed by atoms with E-state index in [-0.39, 0.29) is 11.3 Å². The van der Waals surface area contributed by atoms with Crippen LogP contribution in [-0.4, -0.2) is 17.4 Å². The predicted octanol–water partition coefficient (Wildman–Crippen LogP) is 3.40. The minimum absolute atomic E-state index is 0.0418. The third kappa shape index (κ3) is 2.78. The molecule has 4 nitrogen and oxygen atoms in total. The Bertz CT molecular complexity index is 672. The molecule has 0 spiro atoms. The highest BCUT2D eigenvalue weighted by Gasteiger charge is 2.25. The number of carbonyl (C=O) groups excluding carboxylic acids is 1. The lowest BCUT2D eigenvalue weighted by Crippen LogP contribution is -2.39. The van der Waals surface area contributed by atoms with Gasteiger partial charge in [-0.05, 0) is 12.1 Å².